The monoisotopic (exact) mass is 288 g/mol. The van der Waals surface area contributed by atoms with Gasteiger partial charge in [-0.3, -0.25) is 9.59 Å². The molecule has 0 fully saturated rings. The summed E-state index contributed by atoms with van der Waals surface area (Å²) in [6.45, 7) is 1.46. The van der Waals surface area contributed by atoms with Crippen molar-refractivity contribution in [3.63, 3.8) is 0 Å². The quantitative estimate of drug-likeness (QED) is 0.739. The number of carbonyl (C=O) groups is 2. The van der Waals surface area contributed by atoms with E-state index in [0.717, 1.165) is 13.0 Å². The molecule has 1 rings (SSSR count). The Bertz CT molecular complexity index is 535. The Morgan fingerprint density at radius 2 is 2.00 bits per heavy atom. The largest absolute Gasteiger partial charge is 0.352 e. The first kappa shape index (κ1) is 16.7. The van der Waals surface area contributed by atoms with Gasteiger partial charge in [-0.25, -0.2) is 0 Å². The van der Waals surface area contributed by atoms with Crippen molar-refractivity contribution in [3.05, 3.63) is 29.8 Å². The number of amides is 2. The second kappa shape index (κ2) is 8.72. The molecule has 0 spiro atoms. The van der Waals surface area contributed by atoms with Crippen LogP contribution in [0.15, 0.2) is 24.3 Å². The third-order valence-corrected chi connectivity index (χ3v) is 2.75. The molecule has 0 aromatic heterocycles. The summed E-state index contributed by atoms with van der Waals surface area (Å²) in [4.78, 5) is 25.6. The number of benzene rings is 1. The Hall–Kier alpha value is -2.39. The highest BCUT2D eigenvalue weighted by Crippen LogP contribution is 2.15. The van der Waals surface area contributed by atoms with Crippen LogP contribution in [0, 0.1) is 11.3 Å². The highest BCUT2D eigenvalue weighted by atomic mass is 16.2. The second-order valence-corrected chi connectivity index (χ2v) is 4.84. The van der Waals surface area contributed by atoms with E-state index in [1.165, 1.54) is 0 Å². The number of nitriles is 1. The molecule has 112 valence electrons. The standard InChI is InChI=1S/C15H20N4O2/c1-19(2)11-5-10-17-15(21)12-6-3-4-7-13(12)18-14(20)8-9-16/h3-4,6-7H,5,8,10-11H2,1-2H3,(H,17,21)(H,18,20). The van der Waals surface area contributed by atoms with E-state index in [9.17, 15) is 9.59 Å². The van der Waals surface area contributed by atoms with Crippen molar-refractivity contribution in [2.75, 3.05) is 32.5 Å². The number of anilines is 1. The van der Waals surface area contributed by atoms with Gasteiger partial charge in [0.25, 0.3) is 5.91 Å². The zero-order valence-corrected chi connectivity index (χ0v) is 12.3. The predicted octanol–water partition coefficient (Wildman–Crippen LogP) is 1.22. The maximum atomic E-state index is 12.1. The van der Waals surface area contributed by atoms with E-state index in [0.29, 0.717) is 17.8 Å². The van der Waals surface area contributed by atoms with Gasteiger partial charge in [0.05, 0.1) is 17.3 Å². The Kier molecular flexibility index (Phi) is 6.92. The van der Waals surface area contributed by atoms with Gasteiger partial charge in [-0.2, -0.15) is 5.26 Å². The van der Waals surface area contributed by atoms with Gasteiger partial charge >= 0.3 is 0 Å². The van der Waals surface area contributed by atoms with Gasteiger partial charge in [0.2, 0.25) is 5.91 Å². The molecule has 0 radical (unpaired) electrons. The summed E-state index contributed by atoms with van der Waals surface area (Å²) in [5, 5.41) is 13.9. The van der Waals surface area contributed by atoms with Gasteiger partial charge in [0.1, 0.15) is 6.42 Å². The minimum absolute atomic E-state index is 0.235. The maximum absolute atomic E-state index is 12.1. The Morgan fingerprint density at radius 3 is 2.67 bits per heavy atom. The van der Waals surface area contributed by atoms with Gasteiger partial charge in [0, 0.05) is 6.54 Å². The fourth-order valence-corrected chi connectivity index (χ4v) is 1.75. The Morgan fingerprint density at radius 1 is 1.29 bits per heavy atom. The van der Waals surface area contributed by atoms with E-state index in [1.54, 1.807) is 30.3 Å². The van der Waals surface area contributed by atoms with Crippen LogP contribution in [-0.2, 0) is 4.79 Å². The average molecular weight is 288 g/mol. The molecule has 0 atom stereocenters. The van der Waals surface area contributed by atoms with Crippen molar-refractivity contribution < 1.29 is 9.59 Å². The average Bonchev–Trinajstić information content (AvgIpc) is 2.44. The van der Waals surface area contributed by atoms with Crippen LogP contribution in [-0.4, -0.2) is 43.9 Å². The lowest BCUT2D eigenvalue weighted by Gasteiger charge is -2.12. The number of nitrogens with zero attached hydrogens (tertiary/aromatic N) is 2. The summed E-state index contributed by atoms with van der Waals surface area (Å²) >= 11 is 0. The molecule has 1 aromatic carbocycles. The van der Waals surface area contributed by atoms with E-state index >= 15 is 0 Å². The molecule has 0 unspecified atom stereocenters. The van der Waals surface area contributed by atoms with Crippen LogP contribution in [0.1, 0.15) is 23.2 Å². The molecule has 0 saturated carbocycles. The minimum Gasteiger partial charge on any atom is -0.352 e. The van der Waals surface area contributed by atoms with Crippen molar-refractivity contribution in [2.45, 2.75) is 12.8 Å². The number of hydrogen-bond acceptors (Lipinski definition) is 4. The number of rotatable bonds is 7. The lowest BCUT2D eigenvalue weighted by atomic mass is 10.1. The van der Waals surface area contributed by atoms with E-state index in [-0.39, 0.29) is 12.3 Å². The van der Waals surface area contributed by atoms with Crippen LogP contribution in [0.5, 0.6) is 0 Å². The normalized spacial score (nSPS) is 10.0. The number of carbonyl (C=O) groups excluding carboxylic acids is 2. The van der Waals surface area contributed by atoms with Crippen LogP contribution in [0.25, 0.3) is 0 Å². The van der Waals surface area contributed by atoms with E-state index in [2.05, 4.69) is 10.6 Å². The SMILES string of the molecule is CN(C)CCCNC(=O)c1ccccc1NC(=O)CC#N. The molecule has 2 N–H and O–H groups in total. The van der Waals surface area contributed by atoms with Gasteiger partial charge < -0.3 is 15.5 Å². The van der Waals surface area contributed by atoms with Crippen molar-refractivity contribution in [2.24, 2.45) is 0 Å². The van der Waals surface area contributed by atoms with Crippen LogP contribution < -0.4 is 10.6 Å². The summed E-state index contributed by atoms with van der Waals surface area (Å²) in [5.41, 5.74) is 0.816. The van der Waals surface area contributed by atoms with E-state index < -0.39 is 5.91 Å². The topological polar surface area (TPSA) is 85.2 Å². The van der Waals surface area contributed by atoms with Crippen LogP contribution in [0.3, 0.4) is 0 Å². The highest BCUT2D eigenvalue weighted by molar-refractivity contribution is 6.04. The molecule has 0 aliphatic carbocycles. The summed E-state index contributed by atoms with van der Waals surface area (Å²) in [6.07, 6.45) is 0.612. The lowest BCUT2D eigenvalue weighted by molar-refractivity contribution is -0.115. The Balaban J connectivity index is 2.63. The maximum Gasteiger partial charge on any atom is 0.253 e. The summed E-state index contributed by atoms with van der Waals surface area (Å²) in [6, 6.07) is 8.51. The molecule has 0 aliphatic rings. The van der Waals surface area contributed by atoms with E-state index in [4.69, 9.17) is 5.26 Å². The van der Waals surface area contributed by atoms with Gasteiger partial charge in [-0.05, 0) is 39.2 Å². The van der Waals surface area contributed by atoms with E-state index in [1.807, 2.05) is 19.0 Å². The molecule has 0 saturated heterocycles. The van der Waals surface area contributed by atoms with Crippen LogP contribution in [0.4, 0.5) is 5.69 Å². The van der Waals surface area contributed by atoms with Crippen LogP contribution >= 0.6 is 0 Å². The molecule has 0 heterocycles. The zero-order valence-electron chi connectivity index (χ0n) is 12.3. The molecule has 6 nitrogen and oxygen atoms in total. The Labute approximate surface area is 124 Å². The molecule has 1 aromatic rings. The molecule has 21 heavy (non-hydrogen) atoms. The van der Waals surface area contributed by atoms with Gasteiger partial charge in [-0.1, -0.05) is 12.1 Å². The van der Waals surface area contributed by atoms with Gasteiger partial charge in [0.15, 0.2) is 0 Å². The fraction of sp³-hybridized carbons (Fsp3) is 0.400. The molecular formula is C15H20N4O2. The number of nitrogens with one attached hydrogen (secondary N) is 2. The molecule has 0 aliphatic heterocycles. The molecular weight excluding hydrogens is 268 g/mol. The third kappa shape index (κ3) is 6.06. The first-order valence-electron chi connectivity index (χ1n) is 6.73. The number of para-hydroxylation sites is 1. The number of hydrogen-bond donors (Lipinski definition) is 2. The summed E-state index contributed by atoms with van der Waals surface area (Å²) < 4.78 is 0. The first-order chi connectivity index (χ1) is 10.0. The second-order valence-electron chi connectivity index (χ2n) is 4.84. The highest BCUT2D eigenvalue weighted by Gasteiger charge is 2.12. The third-order valence-electron chi connectivity index (χ3n) is 2.75. The van der Waals surface area contributed by atoms with Gasteiger partial charge in [-0.15, -0.1) is 0 Å². The van der Waals surface area contributed by atoms with Crippen molar-refractivity contribution >= 4 is 17.5 Å². The summed E-state index contributed by atoms with van der Waals surface area (Å²) in [7, 11) is 3.95. The first-order valence-corrected chi connectivity index (χ1v) is 6.73. The molecule has 0 bridgehead atoms. The van der Waals surface area contributed by atoms with Crippen molar-refractivity contribution in [1.29, 1.82) is 5.26 Å². The minimum atomic E-state index is -0.426. The smallest absolute Gasteiger partial charge is 0.253 e. The van der Waals surface area contributed by atoms with Crippen molar-refractivity contribution in [1.82, 2.24) is 10.2 Å². The lowest BCUT2D eigenvalue weighted by Crippen LogP contribution is -2.28. The van der Waals surface area contributed by atoms with Crippen LogP contribution in [0.2, 0.25) is 0 Å². The predicted molar refractivity (Wildman–Crippen MR) is 80.8 cm³/mol. The van der Waals surface area contributed by atoms with Crippen molar-refractivity contribution in [3.8, 4) is 6.07 Å². The summed E-state index contributed by atoms with van der Waals surface area (Å²) in [5.74, 6) is -0.660. The zero-order chi connectivity index (χ0) is 15.7. The molecule has 2 amide bonds. The fourth-order valence-electron chi connectivity index (χ4n) is 1.75. The molecule has 6 heteroatoms.